The van der Waals surface area contributed by atoms with Crippen LogP contribution in [-0.2, 0) is 4.79 Å². The number of ether oxygens (including phenoxy) is 2. The Kier molecular flexibility index (Phi) is 3.50. The Labute approximate surface area is 105 Å². The van der Waals surface area contributed by atoms with Crippen LogP contribution in [0.1, 0.15) is 0 Å². The molecule has 0 radical (unpaired) electrons. The van der Waals surface area contributed by atoms with Crippen molar-refractivity contribution < 1.29 is 14.3 Å². The molecule has 1 N–H and O–H groups in total. The van der Waals surface area contributed by atoms with Gasteiger partial charge in [-0.15, -0.1) is 0 Å². The number of nitrogens with one attached hydrogen (secondary N) is 1. The summed E-state index contributed by atoms with van der Waals surface area (Å²) in [5.41, 5.74) is 0. The number of methoxy groups -OCH3 is 2. The van der Waals surface area contributed by atoms with Crippen LogP contribution in [0.3, 0.4) is 0 Å². The maximum Gasteiger partial charge on any atom is 0.232 e. The van der Waals surface area contributed by atoms with Crippen molar-refractivity contribution in [3.8, 4) is 11.8 Å². The van der Waals surface area contributed by atoms with Gasteiger partial charge in [0.25, 0.3) is 0 Å². The summed E-state index contributed by atoms with van der Waals surface area (Å²) in [6, 6.07) is 1.61. The zero-order chi connectivity index (χ0) is 13.1. The molecule has 1 saturated heterocycles. The van der Waals surface area contributed by atoms with Crippen LogP contribution in [0.2, 0.25) is 0 Å². The molecule has 0 aliphatic carbocycles. The number of carbonyl (C=O) groups is 1. The quantitative estimate of drug-likeness (QED) is 0.791. The normalized spacial score (nSPS) is 14.9. The van der Waals surface area contributed by atoms with Gasteiger partial charge in [0, 0.05) is 20.1 Å². The van der Waals surface area contributed by atoms with Gasteiger partial charge in [-0.2, -0.15) is 9.97 Å². The first kappa shape index (κ1) is 12.4. The highest BCUT2D eigenvalue weighted by Crippen LogP contribution is 2.25. The van der Waals surface area contributed by atoms with Gasteiger partial charge >= 0.3 is 0 Å². The Morgan fingerprint density at radius 3 is 2.33 bits per heavy atom. The predicted octanol–water partition coefficient (Wildman–Crippen LogP) is -0.324. The second-order valence-electron chi connectivity index (χ2n) is 3.97. The SMILES string of the molecule is CNC(=O)C1CN(c2nc(OC)cc(OC)n2)C1. The Morgan fingerprint density at radius 2 is 1.89 bits per heavy atom. The predicted molar refractivity (Wildman–Crippen MR) is 64.9 cm³/mol. The fourth-order valence-corrected chi connectivity index (χ4v) is 1.75. The molecule has 1 aromatic rings. The number of carbonyl (C=O) groups excluding carboxylic acids is 1. The first-order valence-electron chi connectivity index (χ1n) is 5.61. The first-order chi connectivity index (χ1) is 8.67. The van der Waals surface area contributed by atoms with Crippen molar-refractivity contribution in [1.82, 2.24) is 15.3 Å². The molecule has 0 unspecified atom stereocenters. The molecule has 1 amide bonds. The molecule has 0 aromatic carbocycles. The van der Waals surface area contributed by atoms with Gasteiger partial charge < -0.3 is 19.7 Å². The van der Waals surface area contributed by atoms with E-state index in [1.807, 2.05) is 4.90 Å². The van der Waals surface area contributed by atoms with Crippen LogP contribution in [0.4, 0.5) is 5.95 Å². The number of hydrogen-bond acceptors (Lipinski definition) is 6. The van der Waals surface area contributed by atoms with E-state index in [9.17, 15) is 4.79 Å². The monoisotopic (exact) mass is 252 g/mol. The molecule has 1 aromatic heterocycles. The molecular weight excluding hydrogens is 236 g/mol. The Hall–Kier alpha value is -2.05. The highest BCUT2D eigenvalue weighted by Gasteiger charge is 2.34. The van der Waals surface area contributed by atoms with E-state index in [0.717, 1.165) is 0 Å². The van der Waals surface area contributed by atoms with E-state index in [1.54, 1.807) is 13.1 Å². The van der Waals surface area contributed by atoms with Gasteiger partial charge in [-0.3, -0.25) is 4.79 Å². The molecule has 0 bridgehead atoms. The molecule has 2 rings (SSSR count). The smallest absolute Gasteiger partial charge is 0.232 e. The Morgan fingerprint density at radius 1 is 1.33 bits per heavy atom. The van der Waals surface area contributed by atoms with E-state index in [1.165, 1.54) is 14.2 Å². The fraction of sp³-hybridized carbons (Fsp3) is 0.545. The third-order valence-corrected chi connectivity index (χ3v) is 2.87. The van der Waals surface area contributed by atoms with E-state index in [0.29, 0.717) is 30.8 Å². The number of aromatic nitrogens is 2. The summed E-state index contributed by atoms with van der Waals surface area (Å²) in [6.07, 6.45) is 0. The summed E-state index contributed by atoms with van der Waals surface area (Å²) >= 11 is 0. The molecule has 0 saturated carbocycles. The molecule has 98 valence electrons. The molecule has 0 spiro atoms. The lowest BCUT2D eigenvalue weighted by Gasteiger charge is -2.37. The third kappa shape index (κ3) is 2.29. The topological polar surface area (TPSA) is 76.6 Å². The molecule has 1 aliphatic heterocycles. The highest BCUT2D eigenvalue weighted by molar-refractivity contribution is 5.81. The van der Waals surface area contributed by atoms with Crippen molar-refractivity contribution in [2.75, 3.05) is 39.3 Å². The van der Waals surface area contributed by atoms with E-state index in [2.05, 4.69) is 15.3 Å². The second kappa shape index (κ2) is 5.07. The van der Waals surface area contributed by atoms with Crippen molar-refractivity contribution >= 4 is 11.9 Å². The van der Waals surface area contributed by atoms with Gasteiger partial charge in [0.05, 0.1) is 26.2 Å². The molecule has 2 heterocycles. The maximum atomic E-state index is 11.4. The number of hydrogen-bond donors (Lipinski definition) is 1. The number of anilines is 1. The van der Waals surface area contributed by atoms with Crippen LogP contribution in [0.15, 0.2) is 6.07 Å². The summed E-state index contributed by atoms with van der Waals surface area (Å²) in [6.45, 7) is 1.21. The first-order valence-corrected chi connectivity index (χ1v) is 5.61. The molecule has 0 atom stereocenters. The van der Waals surface area contributed by atoms with Crippen molar-refractivity contribution in [2.24, 2.45) is 5.92 Å². The zero-order valence-electron chi connectivity index (χ0n) is 10.6. The van der Waals surface area contributed by atoms with Crippen molar-refractivity contribution in [1.29, 1.82) is 0 Å². The van der Waals surface area contributed by atoms with Crippen LogP contribution in [-0.4, -0.2) is 50.2 Å². The second-order valence-corrected chi connectivity index (χ2v) is 3.97. The summed E-state index contributed by atoms with van der Waals surface area (Å²) in [7, 11) is 4.71. The van der Waals surface area contributed by atoms with E-state index < -0.39 is 0 Å². The average Bonchev–Trinajstić information content (AvgIpc) is 2.36. The zero-order valence-corrected chi connectivity index (χ0v) is 10.6. The van der Waals surface area contributed by atoms with Gasteiger partial charge in [-0.05, 0) is 0 Å². The minimum absolute atomic E-state index is 0.00389. The third-order valence-electron chi connectivity index (χ3n) is 2.87. The van der Waals surface area contributed by atoms with E-state index in [4.69, 9.17) is 9.47 Å². The minimum Gasteiger partial charge on any atom is -0.481 e. The van der Waals surface area contributed by atoms with Crippen LogP contribution >= 0.6 is 0 Å². The molecule has 1 fully saturated rings. The van der Waals surface area contributed by atoms with Crippen LogP contribution in [0, 0.1) is 5.92 Å². The highest BCUT2D eigenvalue weighted by atomic mass is 16.5. The summed E-state index contributed by atoms with van der Waals surface area (Å²) in [4.78, 5) is 21.7. The van der Waals surface area contributed by atoms with E-state index in [-0.39, 0.29) is 11.8 Å². The lowest BCUT2D eigenvalue weighted by molar-refractivity contribution is -0.125. The van der Waals surface area contributed by atoms with Crippen molar-refractivity contribution in [3.05, 3.63) is 6.07 Å². The Balaban J connectivity index is 2.09. The fourth-order valence-electron chi connectivity index (χ4n) is 1.75. The largest absolute Gasteiger partial charge is 0.481 e. The van der Waals surface area contributed by atoms with Gasteiger partial charge in [0.15, 0.2) is 0 Å². The maximum absolute atomic E-state index is 11.4. The lowest BCUT2D eigenvalue weighted by Crippen LogP contribution is -2.53. The molecule has 18 heavy (non-hydrogen) atoms. The van der Waals surface area contributed by atoms with E-state index >= 15 is 0 Å². The van der Waals surface area contributed by atoms with Crippen molar-refractivity contribution in [2.45, 2.75) is 0 Å². The van der Waals surface area contributed by atoms with Gasteiger partial charge in [-0.25, -0.2) is 0 Å². The molecule has 7 nitrogen and oxygen atoms in total. The summed E-state index contributed by atoms with van der Waals surface area (Å²) in [5.74, 6) is 1.45. The average molecular weight is 252 g/mol. The van der Waals surface area contributed by atoms with Gasteiger partial charge in [0.2, 0.25) is 23.6 Å². The van der Waals surface area contributed by atoms with Crippen LogP contribution in [0.25, 0.3) is 0 Å². The molecule has 1 aliphatic rings. The van der Waals surface area contributed by atoms with Crippen LogP contribution in [0.5, 0.6) is 11.8 Å². The standard InChI is InChI=1S/C11H16N4O3/c1-12-10(16)7-5-15(6-7)11-13-8(17-2)4-9(14-11)18-3/h4,7H,5-6H2,1-3H3,(H,12,16). The summed E-state index contributed by atoms with van der Waals surface area (Å²) < 4.78 is 10.1. The minimum atomic E-state index is -0.00389. The number of rotatable bonds is 4. The number of nitrogens with zero attached hydrogens (tertiary/aromatic N) is 3. The van der Waals surface area contributed by atoms with Gasteiger partial charge in [-0.1, -0.05) is 0 Å². The number of amides is 1. The lowest BCUT2D eigenvalue weighted by atomic mass is 10.00. The molecule has 7 heteroatoms. The van der Waals surface area contributed by atoms with Crippen LogP contribution < -0.4 is 19.7 Å². The molecular formula is C11H16N4O3. The Bertz CT molecular complexity index is 424. The summed E-state index contributed by atoms with van der Waals surface area (Å²) in [5, 5.41) is 2.63. The van der Waals surface area contributed by atoms with Crippen molar-refractivity contribution in [3.63, 3.8) is 0 Å². The van der Waals surface area contributed by atoms with Gasteiger partial charge in [0.1, 0.15) is 0 Å².